The molecule has 1 aliphatic rings. The fourth-order valence-electron chi connectivity index (χ4n) is 1.06. The highest BCUT2D eigenvalue weighted by Gasteiger charge is 1.95. The molecule has 0 unspecified atom stereocenters. The van der Waals surface area contributed by atoms with Crippen LogP contribution in [0.1, 0.15) is 38.5 Å². The molecule has 0 heterocycles. The fourth-order valence-corrected chi connectivity index (χ4v) is 1.06. The van der Waals surface area contributed by atoms with E-state index >= 15 is 0 Å². The molecular formula is C8H18OS. The van der Waals surface area contributed by atoms with Crippen molar-refractivity contribution in [3.05, 3.63) is 0 Å². The molecule has 0 aromatic carbocycles. The van der Waals surface area contributed by atoms with Gasteiger partial charge in [0.15, 0.2) is 0 Å². The second kappa shape index (κ2) is 9.31. The normalized spacial score (nSPS) is 17.4. The van der Waals surface area contributed by atoms with Gasteiger partial charge in [0.2, 0.25) is 0 Å². The minimum Gasteiger partial charge on any atom is -0.396 e. The molecule has 1 saturated carbocycles. The minimum absolute atomic E-state index is 0.184. The number of aliphatic hydroxyl groups excluding tert-OH is 1. The molecule has 0 spiro atoms. The van der Waals surface area contributed by atoms with Gasteiger partial charge in [-0.1, -0.05) is 38.5 Å². The Bertz CT molecular complexity index is 39.7. The minimum atomic E-state index is 0.184. The van der Waals surface area contributed by atoms with Crippen molar-refractivity contribution in [1.82, 2.24) is 0 Å². The first kappa shape index (κ1) is 10.3. The van der Waals surface area contributed by atoms with Gasteiger partial charge in [-0.25, -0.2) is 0 Å². The van der Waals surface area contributed by atoms with Gasteiger partial charge >= 0.3 is 0 Å². The Balaban J connectivity index is 0.000000180. The summed E-state index contributed by atoms with van der Waals surface area (Å²) in [7, 11) is 0. The summed E-state index contributed by atoms with van der Waals surface area (Å²) in [6.07, 6.45) is 9.00. The Labute approximate surface area is 69.2 Å². The van der Waals surface area contributed by atoms with Crippen molar-refractivity contribution >= 4 is 12.6 Å². The topological polar surface area (TPSA) is 20.2 Å². The summed E-state index contributed by atoms with van der Waals surface area (Å²) in [6, 6.07) is 0. The second-order valence-electron chi connectivity index (χ2n) is 2.57. The third-order valence-electron chi connectivity index (χ3n) is 1.60. The molecule has 1 rings (SSSR count). The molecule has 0 radical (unpaired) electrons. The number of hydrogen-bond donors (Lipinski definition) is 2. The lowest BCUT2D eigenvalue weighted by Crippen LogP contribution is -1.85. The van der Waals surface area contributed by atoms with Gasteiger partial charge in [-0.05, 0) is 0 Å². The van der Waals surface area contributed by atoms with Crippen molar-refractivity contribution in [2.24, 2.45) is 0 Å². The molecule has 0 bridgehead atoms. The monoisotopic (exact) mass is 162 g/mol. The molecule has 1 aliphatic carbocycles. The van der Waals surface area contributed by atoms with Crippen LogP contribution in [0.2, 0.25) is 0 Å². The van der Waals surface area contributed by atoms with E-state index in [1.165, 1.54) is 38.5 Å². The lowest BCUT2D eigenvalue weighted by Gasteiger charge is -2.05. The predicted octanol–water partition coefficient (Wildman–Crippen LogP) is 2.25. The molecule has 2 heteroatoms. The summed E-state index contributed by atoms with van der Waals surface area (Å²) < 4.78 is 0. The lowest BCUT2D eigenvalue weighted by atomic mass is 10.0. The Hall–Kier alpha value is 0.310. The Morgan fingerprint density at radius 3 is 1.20 bits per heavy atom. The van der Waals surface area contributed by atoms with Gasteiger partial charge in [0.25, 0.3) is 0 Å². The zero-order valence-electron chi connectivity index (χ0n) is 6.55. The smallest absolute Gasteiger partial charge is 0.0519 e. The van der Waals surface area contributed by atoms with Crippen molar-refractivity contribution in [2.75, 3.05) is 12.4 Å². The third-order valence-corrected chi connectivity index (χ3v) is 1.80. The van der Waals surface area contributed by atoms with E-state index in [-0.39, 0.29) is 6.61 Å². The van der Waals surface area contributed by atoms with Crippen LogP contribution < -0.4 is 0 Å². The number of hydrogen-bond acceptors (Lipinski definition) is 2. The average Bonchev–Trinajstić information content (AvgIpc) is 2.08. The zero-order chi connectivity index (χ0) is 7.66. The van der Waals surface area contributed by atoms with Gasteiger partial charge in [-0.15, -0.1) is 0 Å². The highest BCUT2D eigenvalue weighted by Crippen LogP contribution is 2.15. The highest BCUT2D eigenvalue weighted by atomic mass is 32.1. The largest absolute Gasteiger partial charge is 0.396 e. The standard InChI is InChI=1S/C6H12.C2H6OS/c1-2-4-6-5-3-1;3-1-2-4/h1-6H2;3-4H,1-2H2. The van der Waals surface area contributed by atoms with Gasteiger partial charge in [0.05, 0.1) is 6.61 Å². The van der Waals surface area contributed by atoms with E-state index in [4.69, 9.17) is 5.11 Å². The maximum Gasteiger partial charge on any atom is 0.0519 e. The van der Waals surface area contributed by atoms with Crippen LogP contribution in [0.3, 0.4) is 0 Å². The fraction of sp³-hybridized carbons (Fsp3) is 1.00. The maximum absolute atomic E-state index is 7.80. The summed E-state index contributed by atoms with van der Waals surface area (Å²) in [6.45, 7) is 0.184. The average molecular weight is 162 g/mol. The van der Waals surface area contributed by atoms with E-state index < -0.39 is 0 Å². The van der Waals surface area contributed by atoms with E-state index in [1.807, 2.05) is 0 Å². The molecule has 0 amide bonds. The van der Waals surface area contributed by atoms with Crippen molar-refractivity contribution in [3.8, 4) is 0 Å². The molecule has 10 heavy (non-hydrogen) atoms. The predicted molar refractivity (Wildman–Crippen MR) is 48.6 cm³/mol. The lowest BCUT2D eigenvalue weighted by molar-refractivity contribution is 0.323. The summed E-state index contributed by atoms with van der Waals surface area (Å²) in [5.74, 6) is 0.569. The summed E-state index contributed by atoms with van der Waals surface area (Å²) >= 11 is 3.67. The quantitative estimate of drug-likeness (QED) is 0.567. The van der Waals surface area contributed by atoms with Crippen LogP contribution in [0.5, 0.6) is 0 Å². The molecule has 1 fully saturated rings. The van der Waals surface area contributed by atoms with Gasteiger partial charge in [-0.3, -0.25) is 0 Å². The van der Waals surface area contributed by atoms with Crippen molar-refractivity contribution in [3.63, 3.8) is 0 Å². The summed E-state index contributed by atoms with van der Waals surface area (Å²) in [5.41, 5.74) is 0. The molecule has 62 valence electrons. The van der Waals surface area contributed by atoms with Crippen LogP contribution in [0, 0.1) is 0 Å². The van der Waals surface area contributed by atoms with E-state index in [0.717, 1.165) is 0 Å². The molecule has 0 aliphatic heterocycles. The van der Waals surface area contributed by atoms with Crippen LogP contribution >= 0.6 is 12.6 Å². The molecule has 0 aromatic rings. The first-order valence-electron chi connectivity index (χ1n) is 4.13. The maximum atomic E-state index is 7.80. The molecule has 1 N–H and O–H groups in total. The molecule has 0 saturated heterocycles. The van der Waals surface area contributed by atoms with Gasteiger partial charge < -0.3 is 5.11 Å². The summed E-state index contributed by atoms with van der Waals surface area (Å²) in [5, 5.41) is 7.80. The molecule has 0 aromatic heterocycles. The van der Waals surface area contributed by atoms with Crippen molar-refractivity contribution in [1.29, 1.82) is 0 Å². The zero-order valence-corrected chi connectivity index (χ0v) is 7.45. The number of rotatable bonds is 1. The van der Waals surface area contributed by atoms with Crippen LogP contribution in [-0.2, 0) is 0 Å². The molecule has 1 nitrogen and oxygen atoms in total. The number of thiol groups is 1. The van der Waals surface area contributed by atoms with Crippen LogP contribution in [0.15, 0.2) is 0 Å². The van der Waals surface area contributed by atoms with E-state index in [0.29, 0.717) is 5.75 Å². The molecule has 0 atom stereocenters. The van der Waals surface area contributed by atoms with Crippen molar-refractivity contribution < 1.29 is 5.11 Å². The van der Waals surface area contributed by atoms with Crippen LogP contribution in [-0.4, -0.2) is 17.5 Å². The van der Waals surface area contributed by atoms with E-state index in [2.05, 4.69) is 12.6 Å². The van der Waals surface area contributed by atoms with Gasteiger partial charge in [0.1, 0.15) is 0 Å². The van der Waals surface area contributed by atoms with Gasteiger partial charge in [0, 0.05) is 5.75 Å². The van der Waals surface area contributed by atoms with Crippen LogP contribution in [0.4, 0.5) is 0 Å². The Morgan fingerprint density at radius 2 is 1.10 bits per heavy atom. The Kier molecular flexibility index (Phi) is 9.60. The first-order valence-corrected chi connectivity index (χ1v) is 4.76. The van der Waals surface area contributed by atoms with Gasteiger partial charge in [-0.2, -0.15) is 12.6 Å². The second-order valence-corrected chi connectivity index (χ2v) is 3.02. The SMILES string of the molecule is C1CCCCC1.OCCS. The number of aliphatic hydroxyl groups is 1. The summed E-state index contributed by atoms with van der Waals surface area (Å²) in [4.78, 5) is 0. The highest BCUT2D eigenvalue weighted by molar-refractivity contribution is 7.80. The van der Waals surface area contributed by atoms with Crippen molar-refractivity contribution in [2.45, 2.75) is 38.5 Å². The van der Waals surface area contributed by atoms with E-state index in [1.54, 1.807) is 0 Å². The third kappa shape index (κ3) is 8.31. The first-order chi connectivity index (χ1) is 4.91. The van der Waals surface area contributed by atoms with E-state index in [9.17, 15) is 0 Å². The molecular weight excluding hydrogens is 144 g/mol. The Morgan fingerprint density at radius 1 is 0.900 bits per heavy atom. The van der Waals surface area contributed by atoms with Crippen LogP contribution in [0.25, 0.3) is 0 Å².